The molecule has 5 heteroatoms. The van der Waals surface area contributed by atoms with Gasteiger partial charge in [0.15, 0.2) is 0 Å². The molecule has 0 spiro atoms. The van der Waals surface area contributed by atoms with E-state index in [0.717, 1.165) is 25.1 Å². The van der Waals surface area contributed by atoms with Gasteiger partial charge in [-0.05, 0) is 43.5 Å². The third kappa shape index (κ3) is 3.87. The van der Waals surface area contributed by atoms with E-state index in [9.17, 15) is 4.79 Å². The monoisotopic (exact) mass is 340 g/mol. The number of aryl methyl sites for hydroxylation is 2. The van der Waals surface area contributed by atoms with E-state index >= 15 is 0 Å². The van der Waals surface area contributed by atoms with Crippen LogP contribution < -0.4 is 19.7 Å². The van der Waals surface area contributed by atoms with Crippen molar-refractivity contribution >= 4 is 17.3 Å². The number of ether oxygens (including phenoxy) is 2. The van der Waals surface area contributed by atoms with Crippen molar-refractivity contribution < 1.29 is 14.3 Å². The highest BCUT2D eigenvalue weighted by Gasteiger charge is 2.20. The van der Waals surface area contributed by atoms with Crippen LogP contribution in [0.25, 0.3) is 0 Å². The molecule has 0 atom stereocenters. The average molecular weight is 340 g/mol. The van der Waals surface area contributed by atoms with E-state index in [0.29, 0.717) is 23.7 Å². The molecule has 1 amide bonds. The smallest absolute Gasteiger partial charge is 0.243 e. The molecule has 0 radical (unpaired) electrons. The summed E-state index contributed by atoms with van der Waals surface area (Å²) in [4.78, 5) is 14.7. The van der Waals surface area contributed by atoms with Gasteiger partial charge in [0.05, 0.1) is 26.5 Å². The van der Waals surface area contributed by atoms with E-state index in [1.165, 1.54) is 11.1 Å². The number of carbonyl (C=O) groups is 1. The summed E-state index contributed by atoms with van der Waals surface area (Å²) in [5.41, 5.74) is 4.35. The summed E-state index contributed by atoms with van der Waals surface area (Å²) in [5.74, 6) is 1.22. The predicted octanol–water partition coefficient (Wildman–Crippen LogP) is 3.40. The van der Waals surface area contributed by atoms with Crippen molar-refractivity contribution in [3.05, 3.63) is 47.5 Å². The van der Waals surface area contributed by atoms with Crippen molar-refractivity contribution in [2.24, 2.45) is 0 Å². The maximum atomic E-state index is 12.6. The molecule has 132 valence electrons. The van der Waals surface area contributed by atoms with Crippen LogP contribution in [0.5, 0.6) is 11.5 Å². The Morgan fingerprint density at radius 1 is 1.16 bits per heavy atom. The van der Waals surface area contributed by atoms with Crippen molar-refractivity contribution in [3.63, 3.8) is 0 Å². The second kappa shape index (κ2) is 7.47. The van der Waals surface area contributed by atoms with Gasteiger partial charge >= 0.3 is 0 Å². The van der Waals surface area contributed by atoms with E-state index in [4.69, 9.17) is 9.47 Å². The summed E-state index contributed by atoms with van der Waals surface area (Å²) >= 11 is 0. The van der Waals surface area contributed by atoms with Gasteiger partial charge in [-0.1, -0.05) is 17.7 Å². The molecule has 3 rings (SSSR count). The van der Waals surface area contributed by atoms with Crippen LogP contribution >= 0.6 is 0 Å². The molecule has 25 heavy (non-hydrogen) atoms. The number of amides is 1. The standard InChI is InChI=1S/C20H24N2O3/c1-14-6-8-18-15(11-14)5-4-10-22(18)13-20(23)21-17-12-16(24-2)7-9-19(17)25-3/h6-9,11-12H,4-5,10,13H2,1-3H3,(H,21,23). The largest absolute Gasteiger partial charge is 0.497 e. The van der Waals surface area contributed by atoms with Crippen molar-refractivity contribution in [1.29, 1.82) is 0 Å². The molecular formula is C20H24N2O3. The molecule has 1 aliphatic rings. The van der Waals surface area contributed by atoms with E-state index < -0.39 is 0 Å². The fraction of sp³-hybridized carbons (Fsp3) is 0.350. The minimum atomic E-state index is -0.0695. The maximum Gasteiger partial charge on any atom is 0.243 e. The lowest BCUT2D eigenvalue weighted by Gasteiger charge is -2.31. The fourth-order valence-corrected chi connectivity index (χ4v) is 3.24. The SMILES string of the molecule is COc1ccc(OC)c(NC(=O)CN2CCCc3cc(C)ccc32)c1. The molecule has 0 fully saturated rings. The molecule has 1 heterocycles. The Kier molecular flexibility index (Phi) is 5.12. The Balaban J connectivity index is 1.74. The first kappa shape index (κ1) is 17.1. The molecule has 1 aliphatic heterocycles. The Labute approximate surface area is 148 Å². The van der Waals surface area contributed by atoms with Crippen molar-refractivity contribution in [3.8, 4) is 11.5 Å². The number of hydrogen-bond acceptors (Lipinski definition) is 4. The van der Waals surface area contributed by atoms with Crippen molar-refractivity contribution in [2.45, 2.75) is 19.8 Å². The third-order valence-electron chi connectivity index (χ3n) is 4.47. The Hall–Kier alpha value is -2.69. The molecular weight excluding hydrogens is 316 g/mol. The van der Waals surface area contributed by atoms with E-state index in [-0.39, 0.29) is 5.91 Å². The predicted molar refractivity (Wildman–Crippen MR) is 99.9 cm³/mol. The number of nitrogens with zero attached hydrogens (tertiary/aromatic N) is 1. The van der Waals surface area contributed by atoms with E-state index in [1.54, 1.807) is 32.4 Å². The van der Waals surface area contributed by atoms with Gasteiger partial charge in [0.2, 0.25) is 5.91 Å². The van der Waals surface area contributed by atoms with Gasteiger partial charge in [-0.2, -0.15) is 0 Å². The molecule has 5 nitrogen and oxygen atoms in total. The van der Waals surface area contributed by atoms with Gasteiger partial charge in [-0.15, -0.1) is 0 Å². The number of rotatable bonds is 5. The number of hydrogen-bond donors (Lipinski definition) is 1. The lowest BCUT2D eigenvalue weighted by Crippen LogP contribution is -2.36. The number of nitrogens with one attached hydrogen (secondary N) is 1. The van der Waals surface area contributed by atoms with E-state index in [1.807, 2.05) is 0 Å². The molecule has 0 bridgehead atoms. The second-order valence-electron chi connectivity index (χ2n) is 6.27. The first-order valence-electron chi connectivity index (χ1n) is 8.47. The lowest BCUT2D eigenvalue weighted by atomic mass is 9.99. The Morgan fingerprint density at radius 2 is 2.00 bits per heavy atom. The lowest BCUT2D eigenvalue weighted by molar-refractivity contribution is -0.115. The summed E-state index contributed by atoms with van der Waals surface area (Å²) in [5, 5.41) is 2.94. The quantitative estimate of drug-likeness (QED) is 0.906. The first-order chi connectivity index (χ1) is 12.1. The minimum absolute atomic E-state index is 0.0695. The zero-order valence-electron chi connectivity index (χ0n) is 15.0. The Bertz CT molecular complexity index is 774. The van der Waals surface area contributed by atoms with E-state index in [2.05, 4.69) is 35.3 Å². The number of benzene rings is 2. The van der Waals surface area contributed by atoms with Crippen LogP contribution in [0.15, 0.2) is 36.4 Å². The van der Waals surface area contributed by atoms with Crippen LogP contribution in [-0.4, -0.2) is 33.2 Å². The molecule has 0 saturated carbocycles. The van der Waals surface area contributed by atoms with Gasteiger partial charge in [0.25, 0.3) is 0 Å². The number of fused-ring (bicyclic) bond motifs is 1. The van der Waals surface area contributed by atoms with Crippen LogP contribution in [0.2, 0.25) is 0 Å². The molecule has 0 saturated heterocycles. The second-order valence-corrected chi connectivity index (χ2v) is 6.27. The summed E-state index contributed by atoms with van der Waals surface area (Å²) < 4.78 is 10.5. The van der Waals surface area contributed by atoms with Crippen LogP contribution in [-0.2, 0) is 11.2 Å². The molecule has 2 aromatic carbocycles. The minimum Gasteiger partial charge on any atom is -0.497 e. The van der Waals surface area contributed by atoms with Gasteiger partial charge < -0.3 is 19.7 Å². The summed E-state index contributed by atoms with van der Waals surface area (Å²) in [6.07, 6.45) is 2.13. The summed E-state index contributed by atoms with van der Waals surface area (Å²) in [6.45, 7) is 3.30. The summed E-state index contributed by atoms with van der Waals surface area (Å²) in [7, 11) is 3.18. The highest BCUT2D eigenvalue weighted by molar-refractivity contribution is 5.95. The van der Waals surface area contributed by atoms with Gasteiger partial charge in [-0.3, -0.25) is 4.79 Å². The fourth-order valence-electron chi connectivity index (χ4n) is 3.24. The average Bonchev–Trinajstić information content (AvgIpc) is 2.61. The summed E-state index contributed by atoms with van der Waals surface area (Å²) in [6, 6.07) is 11.8. The van der Waals surface area contributed by atoms with Gasteiger partial charge in [-0.25, -0.2) is 0 Å². The molecule has 0 unspecified atom stereocenters. The molecule has 2 aromatic rings. The van der Waals surface area contributed by atoms with Crippen LogP contribution in [0.1, 0.15) is 17.5 Å². The Morgan fingerprint density at radius 3 is 2.76 bits per heavy atom. The number of methoxy groups -OCH3 is 2. The van der Waals surface area contributed by atoms with Crippen molar-refractivity contribution in [1.82, 2.24) is 0 Å². The zero-order chi connectivity index (χ0) is 17.8. The molecule has 1 N–H and O–H groups in total. The number of carbonyl (C=O) groups excluding carboxylic acids is 1. The highest BCUT2D eigenvalue weighted by Crippen LogP contribution is 2.30. The maximum absolute atomic E-state index is 12.6. The van der Waals surface area contributed by atoms with Crippen LogP contribution in [0, 0.1) is 6.92 Å². The first-order valence-corrected chi connectivity index (χ1v) is 8.47. The highest BCUT2D eigenvalue weighted by atomic mass is 16.5. The van der Waals surface area contributed by atoms with Crippen LogP contribution in [0.4, 0.5) is 11.4 Å². The van der Waals surface area contributed by atoms with Gasteiger partial charge in [0.1, 0.15) is 11.5 Å². The third-order valence-corrected chi connectivity index (χ3v) is 4.47. The number of anilines is 2. The molecule has 0 aliphatic carbocycles. The van der Waals surface area contributed by atoms with Crippen LogP contribution in [0.3, 0.4) is 0 Å². The van der Waals surface area contributed by atoms with Crippen molar-refractivity contribution in [2.75, 3.05) is 37.5 Å². The van der Waals surface area contributed by atoms with Gasteiger partial charge in [0, 0.05) is 18.3 Å². The zero-order valence-corrected chi connectivity index (χ0v) is 15.0. The normalized spacial score (nSPS) is 13.2. The topological polar surface area (TPSA) is 50.8 Å². The molecule has 0 aromatic heterocycles.